The Balaban J connectivity index is 4.42. The van der Waals surface area contributed by atoms with Gasteiger partial charge < -0.3 is 9.64 Å². The van der Waals surface area contributed by atoms with Gasteiger partial charge in [-0.15, -0.1) is 0 Å². The zero-order valence-corrected chi connectivity index (χ0v) is 7.72. The lowest BCUT2D eigenvalue weighted by Crippen LogP contribution is -2.42. The van der Waals surface area contributed by atoms with E-state index in [0.717, 1.165) is 7.11 Å². The van der Waals surface area contributed by atoms with Crippen LogP contribution in [0.25, 0.3) is 0 Å². The van der Waals surface area contributed by atoms with Crippen molar-refractivity contribution in [3.63, 3.8) is 0 Å². The molecule has 0 N–H and O–H groups in total. The van der Waals surface area contributed by atoms with Crippen molar-refractivity contribution >= 4 is 11.9 Å². The van der Waals surface area contributed by atoms with Gasteiger partial charge >= 0.3 is 18.1 Å². The molecule has 0 radical (unpaired) electrons. The number of carbonyl (C=O) groups is 2. The summed E-state index contributed by atoms with van der Waals surface area (Å²) < 4.78 is 39.6. The Morgan fingerprint density at radius 2 is 1.86 bits per heavy atom. The van der Waals surface area contributed by atoms with Gasteiger partial charge in [0.05, 0.1) is 7.11 Å². The number of hydrogen-bond acceptors (Lipinski definition) is 3. The molecular weight excluding hydrogens is 203 g/mol. The second-order valence-electron chi connectivity index (χ2n) is 2.43. The summed E-state index contributed by atoms with van der Waals surface area (Å²) in [6.45, 7) is -0.308. The standard InChI is InChI=1S/C7H10F3NO3/c1-3-11(4-7(8,9)10)5(12)6(13)14-2/h3-4H2,1-2H3. The SMILES string of the molecule is CCN(CC(F)(F)F)C(=O)C(=O)OC. The Bertz CT molecular complexity index is 227. The summed E-state index contributed by atoms with van der Waals surface area (Å²) in [5.74, 6) is -2.58. The maximum atomic E-state index is 11.9. The average molecular weight is 213 g/mol. The van der Waals surface area contributed by atoms with E-state index in [1.807, 2.05) is 0 Å². The third-order valence-electron chi connectivity index (χ3n) is 1.40. The van der Waals surface area contributed by atoms with Gasteiger partial charge in [-0.2, -0.15) is 13.2 Å². The normalized spacial score (nSPS) is 10.9. The first-order chi connectivity index (χ1) is 6.31. The first kappa shape index (κ1) is 12.7. The monoisotopic (exact) mass is 213 g/mol. The highest BCUT2D eigenvalue weighted by atomic mass is 19.4. The molecule has 0 bridgehead atoms. The maximum Gasteiger partial charge on any atom is 0.406 e. The summed E-state index contributed by atoms with van der Waals surface area (Å²) in [5.41, 5.74) is 0. The zero-order valence-electron chi connectivity index (χ0n) is 7.72. The number of ether oxygens (including phenoxy) is 1. The molecule has 0 saturated carbocycles. The molecule has 0 rings (SSSR count). The van der Waals surface area contributed by atoms with Crippen LogP contribution < -0.4 is 0 Å². The first-order valence-corrected chi connectivity index (χ1v) is 3.75. The van der Waals surface area contributed by atoms with Gasteiger partial charge in [-0.05, 0) is 6.92 Å². The maximum absolute atomic E-state index is 11.9. The molecule has 0 aromatic heterocycles. The van der Waals surface area contributed by atoms with Crippen molar-refractivity contribution in [3.05, 3.63) is 0 Å². The van der Waals surface area contributed by atoms with Crippen LogP contribution in [0.4, 0.5) is 13.2 Å². The van der Waals surface area contributed by atoms with Gasteiger partial charge in [-0.1, -0.05) is 0 Å². The number of alkyl halides is 3. The van der Waals surface area contributed by atoms with E-state index in [9.17, 15) is 22.8 Å². The van der Waals surface area contributed by atoms with Gasteiger partial charge in [-0.25, -0.2) is 4.79 Å². The van der Waals surface area contributed by atoms with E-state index in [1.165, 1.54) is 6.92 Å². The van der Waals surface area contributed by atoms with E-state index < -0.39 is 24.6 Å². The molecule has 0 unspecified atom stereocenters. The number of carbonyl (C=O) groups excluding carboxylic acids is 2. The second kappa shape index (κ2) is 4.83. The van der Waals surface area contributed by atoms with Crippen molar-refractivity contribution < 1.29 is 27.5 Å². The highest BCUT2D eigenvalue weighted by molar-refractivity contribution is 6.32. The Labute approximate surface area is 78.6 Å². The number of halogens is 3. The predicted octanol–water partition coefficient (Wildman–Crippen LogP) is 0.570. The van der Waals surface area contributed by atoms with Crippen molar-refractivity contribution in [1.82, 2.24) is 4.90 Å². The molecule has 0 spiro atoms. The molecule has 0 saturated heterocycles. The lowest BCUT2D eigenvalue weighted by Gasteiger charge is -2.20. The Hall–Kier alpha value is -1.27. The van der Waals surface area contributed by atoms with Crippen LogP contribution in [0.2, 0.25) is 0 Å². The molecule has 0 aliphatic carbocycles. The molecule has 7 heteroatoms. The topological polar surface area (TPSA) is 46.6 Å². The molecule has 82 valence electrons. The van der Waals surface area contributed by atoms with Gasteiger partial charge in [-0.3, -0.25) is 4.79 Å². The smallest absolute Gasteiger partial charge is 0.406 e. The quantitative estimate of drug-likeness (QED) is 0.497. The molecule has 0 aromatic rings. The van der Waals surface area contributed by atoms with Gasteiger partial charge in [0.25, 0.3) is 0 Å². The van der Waals surface area contributed by atoms with E-state index >= 15 is 0 Å². The van der Waals surface area contributed by atoms with E-state index in [2.05, 4.69) is 4.74 Å². The minimum Gasteiger partial charge on any atom is -0.462 e. The number of nitrogens with zero attached hydrogens (tertiary/aromatic N) is 1. The fourth-order valence-electron chi connectivity index (χ4n) is 0.760. The lowest BCUT2D eigenvalue weighted by molar-refractivity contribution is -0.170. The molecule has 4 nitrogen and oxygen atoms in total. The predicted molar refractivity (Wildman–Crippen MR) is 40.3 cm³/mol. The van der Waals surface area contributed by atoms with Gasteiger partial charge in [0, 0.05) is 6.54 Å². The Morgan fingerprint density at radius 3 is 2.14 bits per heavy atom. The minimum atomic E-state index is -4.51. The summed E-state index contributed by atoms with van der Waals surface area (Å²) >= 11 is 0. The third kappa shape index (κ3) is 4.11. The summed E-state index contributed by atoms with van der Waals surface area (Å²) in [6, 6.07) is 0. The highest BCUT2D eigenvalue weighted by Gasteiger charge is 2.34. The first-order valence-electron chi connectivity index (χ1n) is 3.75. The molecule has 0 heterocycles. The van der Waals surface area contributed by atoms with Crippen LogP contribution in [-0.4, -0.2) is 43.2 Å². The molecule has 0 aromatic carbocycles. The summed E-state index contributed by atoms with van der Waals surface area (Å²) in [5, 5.41) is 0. The Kier molecular flexibility index (Phi) is 4.39. The van der Waals surface area contributed by atoms with Gasteiger partial charge in [0.15, 0.2) is 0 Å². The number of hydrogen-bond donors (Lipinski definition) is 0. The zero-order chi connectivity index (χ0) is 11.4. The number of amides is 1. The number of methoxy groups -OCH3 is 1. The lowest BCUT2D eigenvalue weighted by atomic mass is 10.4. The molecular formula is C7H10F3NO3. The van der Waals surface area contributed by atoms with Crippen molar-refractivity contribution in [2.45, 2.75) is 13.1 Å². The number of esters is 1. The molecule has 14 heavy (non-hydrogen) atoms. The van der Waals surface area contributed by atoms with Crippen molar-refractivity contribution in [3.8, 4) is 0 Å². The van der Waals surface area contributed by atoms with Crippen LogP contribution in [0.3, 0.4) is 0 Å². The number of likely N-dealkylation sites (N-methyl/N-ethyl adjacent to an activating group) is 1. The van der Waals surface area contributed by atoms with E-state index in [1.54, 1.807) is 0 Å². The third-order valence-corrected chi connectivity index (χ3v) is 1.40. The highest BCUT2D eigenvalue weighted by Crippen LogP contribution is 2.16. The second-order valence-corrected chi connectivity index (χ2v) is 2.43. The fourth-order valence-corrected chi connectivity index (χ4v) is 0.760. The molecule has 1 amide bonds. The van der Waals surface area contributed by atoms with E-state index in [-0.39, 0.29) is 6.54 Å². The molecule has 0 fully saturated rings. The van der Waals surface area contributed by atoms with Crippen LogP contribution in [0.1, 0.15) is 6.92 Å². The summed E-state index contributed by atoms with van der Waals surface area (Å²) in [6.07, 6.45) is -4.51. The van der Waals surface area contributed by atoms with E-state index in [4.69, 9.17) is 0 Å². The van der Waals surface area contributed by atoms with Crippen molar-refractivity contribution in [2.24, 2.45) is 0 Å². The van der Waals surface area contributed by atoms with Crippen LogP contribution in [0.5, 0.6) is 0 Å². The van der Waals surface area contributed by atoms with Crippen LogP contribution in [-0.2, 0) is 14.3 Å². The van der Waals surface area contributed by atoms with Crippen LogP contribution in [0, 0.1) is 0 Å². The fraction of sp³-hybridized carbons (Fsp3) is 0.714. The largest absolute Gasteiger partial charge is 0.462 e. The van der Waals surface area contributed by atoms with Crippen LogP contribution >= 0.6 is 0 Å². The minimum absolute atomic E-state index is 0.201. The van der Waals surface area contributed by atoms with Gasteiger partial charge in [0.2, 0.25) is 0 Å². The number of rotatable bonds is 2. The summed E-state index contributed by atoms with van der Waals surface area (Å²) in [7, 11) is 0.932. The molecule has 0 aliphatic heterocycles. The average Bonchev–Trinajstić information content (AvgIpc) is 2.10. The molecule has 0 atom stereocenters. The molecule has 0 aliphatic rings. The Morgan fingerprint density at radius 1 is 1.36 bits per heavy atom. The van der Waals surface area contributed by atoms with Crippen molar-refractivity contribution in [1.29, 1.82) is 0 Å². The van der Waals surface area contributed by atoms with E-state index in [0.29, 0.717) is 4.90 Å². The summed E-state index contributed by atoms with van der Waals surface area (Å²) in [4.78, 5) is 21.9. The van der Waals surface area contributed by atoms with Crippen molar-refractivity contribution in [2.75, 3.05) is 20.2 Å². The van der Waals surface area contributed by atoms with Crippen LogP contribution in [0.15, 0.2) is 0 Å². The van der Waals surface area contributed by atoms with Gasteiger partial charge in [0.1, 0.15) is 6.54 Å².